The average molecular weight is 345 g/mol. The number of carbonyl (C=O) groups is 1. The molecule has 18 heavy (non-hydrogen) atoms. The molecule has 5 heteroatoms. The van der Waals surface area contributed by atoms with E-state index < -0.39 is 0 Å². The van der Waals surface area contributed by atoms with Crippen molar-refractivity contribution in [3.63, 3.8) is 0 Å². The molecule has 2 aromatic rings. The second-order valence-electron chi connectivity index (χ2n) is 4.09. The van der Waals surface area contributed by atoms with Gasteiger partial charge in [-0.1, -0.05) is 17.7 Å². The van der Waals surface area contributed by atoms with Crippen molar-refractivity contribution in [2.75, 3.05) is 5.73 Å². The number of hydrogen-bond acceptors (Lipinski definition) is 3. The molecule has 0 saturated carbocycles. The van der Waals surface area contributed by atoms with Crippen LogP contribution in [0.5, 0.6) is 0 Å². The van der Waals surface area contributed by atoms with Gasteiger partial charge in [-0.15, -0.1) is 11.3 Å². The summed E-state index contributed by atoms with van der Waals surface area (Å²) in [5.41, 5.74) is 9.02. The number of halogens is 2. The van der Waals surface area contributed by atoms with E-state index in [9.17, 15) is 4.79 Å². The highest BCUT2D eigenvalue weighted by molar-refractivity contribution is 9.11. The summed E-state index contributed by atoms with van der Waals surface area (Å²) in [6.07, 6.45) is 0. The van der Waals surface area contributed by atoms with Crippen molar-refractivity contribution >= 4 is 50.3 Å². The third kappa shape index (κ3) is 2.46. The van der Waals surface area contributed by atoms with Gasteiger partial charge < -0.3 is 5.73 Å². The third-order valence-corrected chi connectivity index (χ3v) is 5.20. The molecule has 0 aliphatic rings. The number of nitrogens with two attached hydrogens (primary N) is 1. The number of aryl methyl sites for hydroxylation is 2. The number of nitrogen functional groups attached to an aromatic ring is 1. The van der Waals surface area contributed by atoms with Gasteiger partial charge in [0.1, 0.15) is 0 Å². The Kier molecular flexibility index (Phi) is 3.80. The van der Waals surface area contributed by atoms with E-state index in [1.54, 1.807) is 12.1 Å². The molecule has 0 aliphatic heterocycles. The third-order valence-electron chi connectivity index (χ3n) is 2.73. The van der Waals surface area contributed by atoms with Gasteiger partial charge in [-0.2, -0.15) is 0 Å². The van der Waals surface area contributed by atoms with Crippen molar-refractivity contribution < 1.29 is 4.79 Å². The summed E-state index contributed by atoms with van der Waals surface area (Å²) >= 11 is 10.6. The van der Waals surface area contributed by atoms with Gasteiger partial charge in [0.15, 0.2) is 0 Å². The largest absolute Gasteiger partial charge is 0.398 e. The topological polar surface area (TPSA) is 43.1 Å². The Bertz CT molecular complexity index is 617. The summed E-state index contributed by atoms with van der Waals surface area (Å²) < 4.78 is 0.769. The van der Waals surface area contributed by atoms with Gasteiger partial charge in [0.2, 0.25) is 5.78 Å². The summed E-state index contributed by atoms with van der Waals surface area (Å²) in [6, 6.07) is 5.33. The highest BCUT2D eigenvalue weighted by atomic mass is 79.9. The standard InChI is InChI=1S/C13H11BrClNOS/c1-6-3-7(2)10(16)4-8(6)12(17)11-5-9(15)13(14)18-11/h3-5H,16H2,1-2H3. The lowest BCUT2D eigenvalue weighted by molar-refractivity contribution is 0.104. The maximum absolute atomic E-state index is 12.4. The van der Waals surface area contributed by atoms with Crippen LogP contribution in [0.2, 0.25) is 5.02 Å². The van der Waals surface area contributed by atoms with Crippen LogP contribution in [-0.2, 0) is 0 Å². The van der Waals surface area contributed by atoms with Gasteiger partial charge in [-0.3, -0.25) is 4.79 Å². The summed E-state index contributed by atoms with van der Waals surface area (Å²) in [4.78, 5) is 13.0. The second-order valence-corrected chi connectivity index (χ2v) is 6.86. The number of ketones is 1. The zero-order chi connectivity index (χ0) is 13.4. The van der Waals surface area contributed by atoms with Crippen LogP contribution in [0, 0.1) is 13.8 Å². The lowest BCUT2D eigenvalue weighted by atomic mass is 10.00. The normalized spacial score (nSPS) is 10.7. The molecule has 1 aromatic carbocycles. The maximum Gasteiger partial charge on any atom is 0.203 e. The zero-order valence-corrected chi connectivity index (χ0v) is 13.0. The molecular formula is C13H11BrClNOS. The van der Waals surface area contributed by atoms with E-state index in [0.717, 1.165) is 14.9 Å². The van der Waals surface area contributed by atoms with Gasteiger partial charge in [0.05, 0.1) is 13.7 Å². The number of benzene rings is 1. The molecule has 0 atom stereocenters. The molecule has 2 rings (SSSR count). The van der Waals surface area contributed by atoms with Gasteiger partial charge >= 0.3 is 0 Å². The molecule has 0 fully saturated rings. The summed E-state index contributed by atoms with van der Waals surface area (Å²) in [6.45, 7) is 3.83. The van der Waals surface area contributed by atoms with Crippen LogP contribution in [0.3, 0.4) is 0 Å². The van der Waals surface area contributed by atoms with Crippen molar-refractivity contribution in [2.24, 2.45) is 0 Å². The second kappa shape index (κ2) is 5.03. The minimum absolute atomic E-state index is 0.0446. The van der Waals surface area contributed by atoms with E-state index in [0.29, 0.717) is 21.2 Å². The Hall–Kier alpha value is -0.840. The first-order chi connectivity index (χ1) is 8.40. The first-order valence-electron chi connectivity index (χ1n) is 5.26. The lowest BCUT2D eigenvalue weighted by Crippen LogP contribution is -2.04. The quantitative estimate of drug-likeness (QED) is 0.639. The van der Waals surface area contributed by atoms with E-state index in [-0.39, 0.29) is 5.78 Å². The molecule has 1 aromatic heterocycles. The fraction of sp³-hybridized carbons (Fsp3) is 0.154. The smallest absolute Gasteiger partial charge is 0.203 e. The fourth-order valence-electron chi connectivity index (χ4n) is 1.70. The Labute approximate surface area is 123 Å². The Balaban J connectivity index is 2.49. The van der Waals surface area contributed by atoms with Crippen LogP contribution in [0.1, 0.15) is 26.4 Å². The Morgan fingerprint density at radius 1 is 1.28 bits per heavy atom. The van der Waals surface area contributed by atoms with Gasteiger partial charge in [0, 0.05) is 11.3 Å². The first-order valence-corrected chi connectivity index (χ1v) is 7.25. The van der Waals surface area contributed by atoms with E-state index in [4.69, 9.17) is 17.3 Å². The average Bonchev–Trinajstić information content (AvgIpc) is 2.63. The molecular weight excluding hydrogens is 334 g/mol. The minimum atomic E-state index is -0.0446. The number of rotatable bonds is 2. The van der Waals surface area contributed by atoms with Crippen LogP contribution < -0.4 is 5.73 Å². The molecule has 94 valence electrons. The SMILES string of the molecule is Cc1cc(C)c(C(=O)c2cc(Cl)c(Br)s2)cc1N. The number of anilines is 1. The Morgan fingerprint density at radius 2 is 1.94 bits per heavy atom. The van der Waals surface area contributed by atoms with Crippen LogP contribution in [0.25, 0.3) is 0 Å². The van der Waals surface area contributed by atoms with Gasteiger partial charge in [-0.05, 0) is 53.0 Å². The maximum atomic E-state index is 12.4. The van der Waals surface area contributed by atoms with Crippen LogP contribution in [0.4, 0.5) is 5.69 Å². The number of hydrogen-bond donors (Lipinski definition) is 1. The molecule has 0 saturated heterocycles. The molecule has 0 radical (unpaired) electrons. The van der Waals surface area contributed by atoms with Crippen molar-refractivity contribution in [1.29, 1.82) is 0 Å². The highest BCUT2D eigenvalue weighted by Gasteiger charge is 2.17. The monoisotopic (exact) mass is 343 g/mol. The lowest BCUT2D eigenvalue weighted by Gasteiger charge is -2.07. The molecule has 0 spiro atoms. The molecule has 0 amide bonds. The highest BCUT2D eigenvalue weighted by Crippen LogP contribution is 2.34. The summed E-state index contributed by atoms with van der Waals surface area (Å²) in [7, 11) is 0. The van der Waals surface area contributed by atoms with E-state index in [1.165, 1.54) is 11.3 Å². The molecule has 0 unspecified atom stereocenters. The number of carbonyl (C=O) groups excluding carboxylic acids is 1. The molecule has 0 aliphatic carbocycles. The van der Waals surface area contributed by atoms with Crippen LogP contribution in [0.15, 0.2) is 22.0 Å². The predicted molar refractivity (Wildman–Crippen MR) is 80.8 cm³/mol. The summed E-state index contributed by atoms with van der Waals surface area (Å²) in [5, 5.41) is 0.557. The van der Waals surface area contributed by atoms with Crippen molar-refractivity contribution in [1.82, 2.24) is 0 Å². The minimum Gasteiger partial charge on any atom is -0.398 e. The molecule has 2 N–H and O–H groups in total. The van der Waals surface area contributed by atoms with Crippen molar-refractivity contribution in [2.45, 2.75) is 13.8 Å². The zero-order valence-electron chi connectivity index (χ0n) is 9.88. The van der Waals surface area contributed by atoms with Gasteiger partial charge in [-0.25, -0.2) is 0 Å². The van der Waals surface area contributed by atoms with Crippen molar-refractivity contribution in [3.8, 4) is 0 Å². The van der Waals surface area contributed by atoms with E-state index in [2.05, 4.69) is 15.9 Å². The fourth-order valence-corrected chi connectivity index (χ4v) is 3.36. The molecule has 2 nitrogen and oxygen atoms in total. The Morgan fingerprint density at radius 3 is 2.50 bits per heavy atom. The molecule has 0 bridgehead atoms. The number of thiophene rings is 1. The van der Waals surface area contributed by atoms with E-state index >= 15 is 0 Å². The van der Waals surface area contributed by atoms with E-state index in [1.807, 2.05) is 19.9 Å². The van der Waals surface area contributed by atoms with Crippen LogP contribution >= 0.6 is 38.9 Å². The van der Waals surface area contributed by atoms with Crippen molar-refractivity contribution in [3.05, 3.63) is 48.6 Å². The first kappa shape index (κ1) is 13.6. The summed E-state index contributed by atoms with van der Waals surface area (Å²) in [5.74, 6) is -0.0446. The predicted octanol–water partition coefficient (Wildman–Crippen LogP) is 4.59. The van der Waals surface area contributed by atoms with Crippen LogP contribution in [-0.4, -0.2) is 5.78 Å². The van der Waals surface area contributed by atoms with Gasteiger partial charge in [0.25, 0.3) is 0 Å². The molecule has 1 heterocycles.